The molecule has 0 saturated heterocycles. The summed E-state index contributed by atoms with van der Waals surface area (Å²) in [6, 6.07) is 4.83. The molecule has 0 spiro atoms. The van der Waals surface area contributed by atoms with Crippen molar-refractivity contribution in [3.63, 3.8) is 0 Å². The van der Waals surface area contributed by atoms with Crippen molar-refractivity contribution in [2.24, 2.45) is 11.7 Å². The number of rotatable bonds is 4. The van der Waals surface area contributed by atoms with Crippen LogP contribution in [0.4, 0.5) is 4.39 Å². The summed E-state index contributed by atoms with van der Waals surface area (Å²) in [7, 11) is -3.93. The van der Waals surface area contributed by atoms with Crippen LogP contribution in [0.15, 0.2) is 23.1 Å². The number of halogens is 1. The Balaban J connectivity index is 2.25. The average molecular weight is 297 g/mol. The predicted molar refractivity (Wildman–Crippen MR) is 71.6 cm³/mol. The van der Waals surface area contributed by atoms with E-state index in [1.165, 1.54) is 6.07 Å². The molecule has 1 saturated carbocycles. The lowest BCUT2D eigenvalue weighted by Gasteiger charge is -2.19. The maximum Gasteiger partial charge on any atom is 0.243 e. The Hall–Kier alpha value is -1.49. The van der Waals surface area contributed by atoms with Crippen LogP contribution in [0.25, 0.3) is 0 Å². The van der Waals surface area contributed by atoms with Gasteiger partial charge in [0.2, 0.25) is 10.0 Å². The van der Waals surface area contributed by atoms with Gasteiger partial charge in [0, 0.05) is 6.04 Å². The van der Waals surface area contributed by atoms with Crippen molar-refractivity contribution in [2.75, 3.05) is 6.54 Å². The lowest BCUT2D eigenvalue weighted by Crippen LogP contribution is -2.40. The van der Waals surface area contributed by atoms with Crippen LogP contribution in [0, 0.1) is 23.1 Å². The molecule has 1 aliphatic rings. The van der Waals surface area contributed by atoms with Crippen molar-refractivity contribution in [3.05, 3.63) is 29.6 Å². The number of sulfonamides is 1. The third kappa shape index (κ3) is 2.98. The third-order valence-corrected chi connectivity index (χ3v) is 5.14. The molecule has 0 bridgehead atoms. The minimum absolute atomic E-state index is 0.0853. The van der Waals surface area contributed by atoms with Gasteiger partial charge in [-0.3, -0.25) is 0 Å². The number of hydrogen-bond acceptors (Lipinski definition) is 4. The van der Waals surface area contributed by atoms with Crippen molar-refractivity contribution in [1.29, 1.82) is 5.26 Å². The lowest BCUT2D eigenvalue weighted by atomic mass is 10.1. The molecule has 0 heterocycles. The van der Waals surface area contributed by atoms with Gasteiger partial charge in [0.1, 0.15) is 10.7 Å². The van der Waals surface area contributed by atoms with Crippen LogP contribution in [-0.4, -0.2) is 21.0 Å². The van der Waals surface area contributed by atoms with E-state index in [1.807, 2.05) is 0 Å². The summed E-state index contributed by atoms with van der Waals surface area (Å²) in [5.41, 5.74) is 5.69. The standard InChI is InChI=1S/C13H16FN3O2S/c14-11-6-9(7-15)4-5-13(11)20(18,19)17-12-3-1-2-10(12)8-16/h4-6,10,12,17H,1-3,8,16H2/t10-,12-/m0/s1. The van der Waals surface area contributed by atoms with Crippen molar-refractivity contribution in [1.82, 2.24) is 4.72 Å². The zero-order chi connectivity index (χ0) is 14.8. The molecule has 108 valence electrons. The Labute approximate surface area is 117 Å². The van der Waals surface area contributed by atoms with Crippen molar-refractivity contribution < 1.29 is 12.8 Å². The highest BCUT2D eigenvalue weighted by Crippen LogP contribution is 2.26. The molecule has 0 unspecified atom stereocenters. The van der Waals surface area contributed by atoms with E-state index in [0.29, 0.717) is 13.0 Å². The van der Waals surface area contributed by atoms with E-state index in [9.17, 15) is 12.8 Å². The minimum Gasteiger partial charge on any atom is -0.330 e. The number of hydrogen-bond donors (Lipinski definition) is 2. The molecule has 0 amide bonds. The number of nitrogens with zero attached hydrogens (tertiary/aromatic N) is 1. The van der Waals surface area contributed by atoms with Gasteiger partial charge >= 0.3 is 0 Å². The highest BCUT2D eigenvalue weighted by atomic mass is 32.2. The first-order valence-electron chi connectivity index (χ1n) is 6.40. The second kappa shape index (κ2) is 5.87. The van der Waals surface area contributed by atoms with E-state index >= 15 is 0 Å². The molecule has 1 aromatic carbocycles. The van der Waals surface area contributed by atoms with Crippen molar-refractivity contribution >= 4 is 10.0 Å². The van der Waals surface area contributed by atoms with Crippen LogP contribution in [0.2, 0.25) is 0 Å². The summed E-state index contributed by atoms with van der Waals surface area (Å²) in [5, 5.41) is 8.66. The zero-order valence-corrected chi connectivity index (χ0v) is 11.7. The van der Waals surface area contributed by atoms with Gasteiger partial charge in [0.05, 0.1) is 11.6 Å². The van der Waals surface area contributed by atoms with Gasteiger partial charge in [-0.1, -0.05) is 6.42 Å². The fourth-order valence-electron chi connectivity index (χ4n) is 2.53. The van der Waals surface area contributed by atoms with Crippen LogP contribution in [0.3, 0.4) is 0 Å². The van der Waals surface area contributed by atoms with Crippen LogP contribution in [-0.2, 0) is 10.0 Å². The molecule has 1 aliphatic carbocycles. The Bertz CT molecular complexity index is 640. The molecule has 2 atom stereocenters. The molecule has 5 nitrogen and oxygen atoms in total. The van der Waals surface area contributed by atoms with Crippen LogP contribution in [0.1, 0.15) is 24.8 Å². The van der Waals surface area contributed by atoms with E-state index in [4.69, 9.17) is 11.0 Å². The molecule has 7 heteroatoms. The highest BCUT2D eigenvalue weighted by molar-refractivity contribution is 7.89. The van der Waals surface area contributed by atoms with E-state index < -0.39 is 20.7 Å². The average Bonchev–Trinajstić information content (AvgIpc) is 2.84. The molecule has 0 aromatic heterocycles. The van der Waals surface area contributed by atoms with Crippen molar-refractivity contribution in [3.8, 4) is 6.07 Å². The number of nitriles is 1. The number of benzene rings is 1. The fourth-order valence-corrected chi connectivity index (χ4v) is 3.92. The Morgan fingerprint density at radius 2 is 2.20 bits per heavy atom. The molecule has 1 aromatic rings. The van der Waals surface area contributed by atoms with Gasteiger partial charge in [-0.2, -0.15) is 5.26 Å². The van der Waals surface area contributed by atoms with E-state index in [2.05, 4.69) is 4.72 Å². The van der Waals surface area contributed by atoms with Gasteiger partial charge in [-0.05, 0) is 43.5 Å². The molecular formula is C13H16FN3O2S. The van der Waals surface area contributed by atoms with Gasteiger partial charge in [0.15, 0.2) is 0 Å². The number of nitrogens with one attached hydrogen (secondary N) is 1. The third-order valence-electron chi connectivity index (χ3n) is 3.62. The van der Waals surface area contributed by atoms with Crippen LogP contribution in [0.5, 0.6) is 0 Å². The molecule has 1 fully saturated rings. The summed E-state index contributed by atoms with van der Waals surface area (Å²) >= 11 is 0. The molecule has 0 aliphatic heterocycles. The van der Waals surface area contributed by atoms with E-state index in [1.54, 1.807) is 6.07 Å². The van der Waals surface area contributed by atoms with Gasteiger partial charge in [-0.25, -0.2) is 17.5 Å². The second-order valence-electron chi connectivity index (χ2n) is 4.91. The smallest absolute Gasteiger partial charge is 0.243 e. The summed E-state index contributed by atoms with van der Waals surface area (Å²) in [6.07, 6.45) is 2.49. The quantitative estimate of drug-likeness (QED) is 0.870. The van der Waals surface area contributed by atoms with Crippen LogP contribution >= 0.6 is 0 Å². The number of nitrogens with two attached hydrogens (primary N) is 1. The fraction of sp³-hybridized carbons (Fsp3) is 0.462. The largest absolute Gasteiger partial charge is 0.330 e. The Morgan fingerprint density at radius 3 is 2.80 bits per heavy atom. The Kier molecular flexibility index (Phi) is 4.38. The molecule has 3 N–H and O–H groups in total. The Morgan fingerprint density at radius 1 is 1.45 bits per heavy atom. The normalized spacial score (nSPS) is 22.6. The highest BCUT2D eigenvalue weighted by Gasteiger charge is 2.31. The van der Waals surface area contributed by atoms with Crippen molar-refractivity contribution in [2.45, 2.75) is 30.2 Å². The first-order chi connectivity index (χ1) is 9.47. The first-order valence-corrected chi connectivity index (χ1v) is 7.88. The molecule has 20 heavy (non-hydrogen) atoms. The molecule has 0 radical (unpaired) electrons. The maximum absolute atomic E-state index is 13.8. The maximum atomic E-state index is 13.8. The van der Waals surface area contributed by atoms with Crippen LogP contribution < -0.4 is 10.5 Å². The molecule has 2 rings (SSSR count). The van der Waals surface area contributed by atoms with E-state index in [-0.39, 0.29) is 17.5 Å². The van der Waals surface area contributed by atoms with Gasteiger partial charge in [0.25, 0.3) is 0 Å². The molecular weight excluding hydrogens is 281 g/mol. The lowest BCUT2D eigenvalue weighted by molar-refractivity contribution is 0.451. The summed E-state index contributed by atoms with van der Waals surface area (Å²) in [5.74, 6) is -0.829. The van der Waals surface area contributed by atoms with E-state index in [0.717, 1.165) is 25.0 Å². The topological polar surface area (TPSA) is 96.0 Å². The minimum atomic E-state index is -3.93. The zero-order valence-electron chi connectivity index (χ0n) is 10.8. The first kappa shape index (κ1) is 14.9. The second-order valence-corrected chi connectivity index (χ2v) is 6.59. The van der Waals surface area contributed by atoms with Gasteiger partial charge < -0.3 is 5.73 Å². The summed E-state index contributed by atoms with van der Waals surface area (Å²) < 4.78 is 40.7. The predicted octanol–water partition coefficient (Wildman–Crippen LogP) is 1.10. The SMILES string of the molecule is N#Cc1ccc(S(=O)(=O)N[C@H]2CCC[C@H]2CN)c(F)c1. The summed E-state index contributed by atoms with van der Waals surface area (Å²) in [6.45, 7) is 0.406. The summed E-state index contributed by atoms with van der Waals surface area (Å²) in [4.78, 5) is -0.431. The van der Waals surface area contributed by atoms with Gasteiger partial charge in [-0.15, -0.1) is 0 Å². The monoisotopic (exact) mass is 297 g/mol.